The van der Waals surface area contributed by atoms with Crippen LogP contribution in [0.5, 0.6) is 11.5 Å². The fraction of sp³-hybridized carbons (Fsp3) is 0.594. The lowest BCUT2D eigenvalue weighted by Crippen LogP contribution is -2.52. The van der Waals surface area contributed by atoms with Gasteiger partial charge in [-0.05, 0) is 70.2 Å². The minimum atomic E-state index is 0.330. The number of hydrogen-bond acceptors (Lipinski definition) is 5. The highest BCUT2D eigenvalue weighted by atomic mass is 16.5. The van der Waals surface area contributed by atoms with Crippen LogP contribution in [-0.2, 0) is 17.9 Å². The number of carbonyl (C=O) groups is 1. The molecule has 208 valence electrons. The molecule has 2 aliphatic carbocycles. The molecule has 1 aliphatic heterocycles. The van der Waals surface area contributed by atoms with Gasteiger partial charge in [0.25, 0.3) is 0 Å². The molecule has 0 spiro atoms. The van der Waals surface area contributed by atoms with E-state index in [9.17, 15) is 4.79 Å². The Bertz CT molecular complexity index is 1010. The Morgan fingerprint density at radius 3 is 2.32 bits per heavy atom. The number of carbonyl (C=O) groups excluding carboxylic acids is 1. The van der Waals surface area contributed by atoms with E-state index in [4.69, 9.17) is 9.47 Å². The largest absolute Gasteiger partial charge is 0.497 e. The van der Waals surface area contributed by atoms with Gasteiger partial charge in [-0.2, -0.15) is 0 Å². The lowest BCUT2D eigenvalue weighted by molar-refractivity contribution is -0.139. The molecule has 3 aliphatic rings. The van der Waals surface area contributed by atoms with E-state index in [0.29, 0.717) is 24.5 Å². The number of piperidine rings is 1. The Balaban J connectivity index is 0.000000283. The normalized spacial score (nSPS) is 20.9. The Morgan fingerprint density at radius 2 is 1.63 bits per heavy atom. The van der Waals surface area contributed by atoms with E-state index in [1.165, 1.54) is 56.9 Å². The van der Waals surface area contributed by atoms with E-state index in [2.05, 4.69) is 59.1 Å². The van der Waals surface area contributed by atoms with Gasteiger partial charge in [-0.3, -0.25) is 9.69 Å². The standard InChI is InChI=1S/C23H34N2O3.C9H13N/c1-27-20-12-9-18(22(14-20)28-2)15-24(19-10-11-19)16-23(26)25-13-5-7-17-6-3-4-8-21(17)25;1-10(2)8-9-6-4-3-5-7-9/h9,12,14,17,19,21H,3-8,10-11,13,15-16H2,1-2H3;3-7H,8H2,1-2H3. The average molecular weight is 522 g/mol. The highest BCUT2D eigenvalue weighted by Crippen LogP contribution is 2.36. The van der Waals surface area contributed by atoms with Gasteiger partial charge in [-0.25, -0.2) is 0 Å². The zero-order valence-corrected chi connectivity index (χ0v) is 23.9. The van der Waals surface area contributed by atoms with Crippen molar-refractivity contribution in [2.24, 2.45) is 5.92 Å². The number of ether oxygens (including phenoxy) is 2. The Hall–Kier alpha value is -2.57. The van der Waals surface area contributed by atoms with Crippen LogP contribution >= 0.6 is 0 Å². The van der Waals surface area contributed by atoms with Gasteiger partial charge in [0.2, 0.25) is 5.91 Å². The molecule has 2 atom stereocenters. The molecular formula is C32H47N3O3. The number of methoxy groups -OCH3 is 2. The molecule has 1 heterocycles. The Morgan fingerprint density at radius 1 is 0.895 bits per heavy atom. The summed E-state index contributed by atoms with van der Waals surface area (Å²) in [6, 6.07) is 17.4. The molecule has 6 heteroatoms. The maximum absolute atomic E-state index is 13.3. The first kappa shape index (κ1) is 28.4. The summed E-state index contributed by atoms with van der Waals surface area (Å²) in [5, 5.41) is 0. The van der Waals surface area contributed by atoms with Gasteiger partial charge < -0.3 is 19.3 Å². The SMILES string of the molecule is CN(C)Cc1ccccc1.COc1ccc(CN(CC(=O)N2CCCC3CCCCC32)C2CC2)c(OC)c1. The van der Waals surface area contributed by atoms with Crippen molar-refractivity contribution < 1.29 is 14.3 Å². The van der Waals surface area contributed by atoms with E-state index >= 15 is 0 Å². The van der Waals surface area contributed by atoms with Crippen LogP contribution in [0, 0.1) is 5.92 Å². The Labute approximate surface area is 229 Å². The van der Waals surface area contributed by atoms with Crippen LogP contribution in [0.4, 0.5) is 0 Å². The first-order chi connectivity index (χ1) is 18.5. The molecule has 2 aromatic carbocycles. The molecular weight excluding hydrogens is 474 g/mol. The van der Waals surface area contributed by atoms with Gasteiger partial charge in [0.1, 0.15) is 11.5 Å². The van der Waals surface area contributed by atoms with Crippen LogP contribution in [0.3, 0.4) is 0 Å². The minimum absolute atomic E-state index is 0.330. The highest BCUT2D eigenvalue weighted by Gasteiger charge is 2.38. The number of nitrogens with zero attached hydrogens (tertiary/aromatic N) is 3. The van der Waals surface area contributed by atoms with Crippen molar-refractivity contribution >= 4 is 5.91 Å². The summed E-state index contributed by atoms with van der Waals surface area (Å²) in [5.74, 6) is 2.70. The van der Waals surface area contributed by atoms with Gasteiger partial charge in [0.15, 0.2) is 0 Å². The maximum Gasteiger partial charge on any atom is 0.237 e. The summed E-state index contributed by atoms with van der Waals surface area (Å²) in [5.41, 5.74) is 2.49. The number of fused-ring (bicyclic) bond motifs is 1. The molecule has 1 saturated heterocycles. The first-order valence-corrected chi connectivity index (χ1v) is 14.4. The number of amides is 1. The molecule has 3 fully saturated rings. The molecule has 0 aromatic heterocycles. The molecule has 38 heavy (non-hydrogen) atoms. The lowest BCUT2D eigenvalue weighted by Gasteiger charge is -2.44. The van der Waals surface area contributed by atoms with Gasteiger partial charge >= 0.3 is 0 Å². The fourth-order valence-corrected chi connectivity index (χ4v) is 6.10. The van der Waals surface area contributed by atoms with Crippen LogP contribution in [0.15, 0.2) is 48.5 Å². The van der Waals surface area contributed by atoms with Gasteiger partial charge in [0, 0.05) is 43.3 Å². The van der Waals surface area contributed by atoms with E-state index in [1.54, 1.807) is 14.2 Å². The van der Waals surface area contributed by atoms with Crippen LogP contribution in [0.2, 0.25) is 0 Å². The molecule has 0 bridgehead atoms. The number of rotatable bonds is 9. The second kappa shape index (κ2) is 14.0. The summed E-state index contributed by atoms with van der Waals surface area (Å²) >= 11 is 0. The number of benzene rings is 2. The first-order valence-electron chi connectivity index (χ1n) is 14.4. The van der Waals surface area contributed by atoms with Crippen molar-refractivity contribution in [3.05, 3.63) is 59.7 Å². The van der Waals surface area contributed by atoms with E-state index in [0.717, 1.165) is 42.6 Å². The molecule has 5 rings (SSSR count). The van der Waals surface area contributed by atoms with E-state index < -0.39 is 0 Å². The third-order valence-electron chi connectivity index (χ3n) is 8.17. The van der Waals surface area contributed by atoms with Crippen LogP contribution in [-0.4, -0.2) is 74.1 Å². The smallest absolute Gasteiger partial charge is 0.237 e. The van der Waals surface area contributed by atoms with E-state index in [1.807, 2.05) is 18.2 Å². The van der Waals surface area contributed by atoms with Gasteiger partial charge in [-0.15, -0.1) is 0 Å². The van der Waals surface area contributed by atoms with Crippen LogP contribution < -0.4 is 9.47 Å². The van der Waals surface area contributed by atoms with E-state index in [-0.39, 0.29) is 0 Å². The molecule has 0 N–H and O–H groups in total. The third kappa shape index (κ3) is 7.97. The van der Waals surface area contributed by atoms with Crippen molar-refractivity contribution in [1.82, 2.24) is 14.7 Å². The van der Waals surface area contributed by atoms with Crippen molar-refractivity contribution in [2.75, 3.05) is 41.4 Å². The fourth-order valence-electron chi connectivity index (χ4n) is 6.10. The molecule has 2 aromatic rings. The minimum Gasteiger partial charge on any atom is -0.497 e. The van der Waals surface area contributed by atoms with Crippen molar-refractivity contribution in [3.8, 4) is 11.5 Å². The van der Waals surface area contributed by atoms with Crippen molar-refractivity contribution in [3.63, 3.8) is 0 Å². The summed E-state index contributed by atoms with van der Waals surface area (Å²) in [6.07, 6.45) is 9.99. The summed E-state index contributed by atoms with van der Waals surface area (Å²) in [4.78, 5) is 20.0. The summed E-state index contributed by atoms with van der Waals surface area (Å²) in [6.45, 7) is 3.26. The third-order valence-corrected chi connectivity index (χ3v) is 8.17. The molecule has 0 radical (unpaired) electrons. The molecule has 2 saturated carbocycles. The average Bonchev–Trinajstić information content (AvgIpc) is 3.79. The quantitative estimate of drug-likeness (QED) is 0.430. The van der Waals surface area contributed by atoms with Crippen LogP contribution in [0.1, 0.15) is 62.5 Å². The zero-order chi connectivity index (χ0) is 26.9. The predicted molar refractivity (Wildman–Crippen MR) is 154 cm³/mol. The summed E-state index contributed by atoms with van der Waals surface area (Å²) < 4.78 is 10.9. The number of likely N-dealkylation sites (tertiary alicyclic amines) is 1. The second-order valence-electron chi connectivity index (χ2n) is 11.4. The molecule has 6 nitrogen and oxygen atoms in total. The van der Waals surface area contributed by atoms with Crippen LogP contribution in [0.25, 0.3) is 0 Å². The molecule has 1 amide bonds. The van der Waals surface area contributed by atoms with Crippen molar-refractivity contribution in [1.29, 1.82) is 0 Å². The highest BCUT2D eigenvalue weighted by molar-refractivity contribution is 5.79. The molecule has 2 unspecified atom stereocenters. The Kier molecular flexibility index (Phi) is 10.5. The predicted octanol–water partition coefficient (Wildman–Crippen LogP) is 5.60. The van der Waals surface area contributed by atoms with Crippen molar-refractivity contribution in [2.45, 2.75) is 76.5 Å². The summed E-state index contributed by atoms with van der Waals surface area (Å²) in [7, 11) is 7.52. The number of hydrogen-bond donors (Lipinski definition) is 0. The monoisotopic (exact) mass is 521 g/mol. The van der Waals surface area contributed by atoms with Gasteiger partial charge in [-0.1, -0.05) is 49.2 Å². The topological polar surface area (TPSA) is 45.2 Å². The maximum atomic E-state index is 13.3. The lowest BCUT2D eigenvalue weighted by atomic mass is 9.78. The second-order valence-corrected chi connectivity index (χ2v) is 11.4. The zero-order valence-electron chi connectivity index (χ0n) is 23.9. The van der Waals surface area contributed by atoms with Gasteiger partial charge in [0.05, 0.1) is 20.8 Å².